The van der Waals surface area contributed by atoms with Crippen LogP contribution in [0.4, 0.5) is 0 Å². The van der Waals surface area contributed by atoms with E-state index in [0.717, 1.165) is 25.4 Å². The van der Waals surface area contributed by atoms with Gasteiger partial charge in [0.2, 0.25) is 5.91 Å². The maximum atomic E-state index is 11.7. The zero-order valence-corrected chi connectivity index (χ0v) is 8.16. The fraction of sp³-hybridized carbons (Fsp3) is 0.900. The lowest BCUT2D eigenvalue weighted by molar-refractivity contribution is -0.135. The van der Waals surface area contributed by atoms with Gasteiger partial charge in [-0.1, -0.05) is 6.92 Å². The molecule has 1 aliphatic heterocycles. The third-order valence-electron chi connectivity index (χ3n) is 3.08. The van der Waals surface area contributed by atoms with Crippen LogP contribution in [-0.4, -0.2) is 37.1 Å². The second-order valence-corrected chi connectivity index (χ2v) is 4.17. The van der Waals surface area contributed by atoms with Gasteiger partial charge in [0.05, 0.1) is 13.2 Å². The Morgan fingerprint density at radius 1 is 1.46 bits per heavy atom. The van der Waals surface area contributed by atoms with Crippen LogP contribution in [0.1, 0.15) is 19.8 Å². The molecule has 0 N–H and O–H groups in total. The largest absolute Gasteiger partial charge is 0.378 e. The summed E-state index contributed by atoms with van der Waals surface area (Å²) < 4.78 is 5.20. The molecule has 2 fully saturated rings. The number of hydrogen-bond acceptors (Lipinski definition) is 2. The normalized spacial score (nSPS) is 33.2. The van der Waals surface area contributed by atoms with Crippen molar-refractivity contribution in [1.29, 1.82) is 0 Å². The minimum absolute atomic E-state index is 0.331. The maximum absolute atomic E-state index is 11.7. The first-order valence-electron chi connectivity index (χ1n) is 5.13. The number of ether oxygens (including phenoxy) is 1. The zero-order valence-electron chi connectivity index (χ0n) is 8.16. The summed E-state index contributed by atoms with van der Waals surface area (Å²) >= 11 is 0. The van der Waals surface area contributed by atoms with Gasteiger partial charge in [0.1, 0.15) is 0 Å². The predicted octanol–water partition coefficient (Wildman–Crippen LogP) is 0.891. The van der Waals surface area contributed by atoms with Crippen molar-refractivity contribution in [3.63, 3.8) is 0 Å². The van der Waals surface area contributed by atoms with E-state index < -0.39 is 0 Å². The minimum atomic E-state index is 0.331. The summed E-state index contributed by atoms with van der Waals surface area (Å²) in [4.78, 5) is 13.6. The molecule has 2 rings (SSSR count). The highest BCUT2D eigenvalue weighted by Gasteiger charge is 2.35. The molecule has 1 amide bonds. The Morgan fingerprint density at radius 3 is 2.62 bits per heavy atom. The van der Waals surface area contributed by atoms with Crippen LogP contribution in [0, 0.1) is 11.8 Å². The van der Waals surface area contributed by atoms with E-state index in [9.17, 15) is 4.79 Å². The monoisotopic (exact) mass is 183 g/mol. The van der Waals surface area contributed by atoms with Crippen molar-refractivity contribution in [2.45, 2.75) is 19.8 Å². The summed E-state index contributed by atoms with van der Waals surface area (Å²) in [5.74, 6) is 1.79. The van der Waals surface area contributed by atoms with E-state index in [1.165, 1.54) is 6.42 Å². The minimum Gasteiger partial charge on any atom is -0.378 e. The lowest BCUT2D eigenvalue weighted by atomic mass is 10.2. The summed E-state index contributed by atoms with van der Waals surface area (Å²) in [5.41, 5.74) is 0. The molecular weight excluding hydrogens is 166 g/mol. The van der Waals surface area contributed by atoms with Crippen molar-refractivity contribution in [1.82, 2.24) is 4.90 Å². The molecule has 1 saturated carbocycles. The lowest BCUT2D eigenvalue weighted by Gasteiger charge is -2.26. The van der Waals surface area contributed by atoms with Gasteiger partial charge in [-0.05, 0) is 18.3 Å². The van der Waals surface area contributed by atoms with E-state index >= 15 is 0 Å². The van der Waals surface area contributed by atoms with E-state index in [1.54, 1.807) is 0 Å². The van der Waals surface area contributed by atoms with E-state index in [0.29, 0.717) is 25.0 Å². The summed E-state index contributed by atoms with van der Waals surface area (Å²) in [5, 5.41) is 0. The molecular formula is C10H17NO2. The third kappa shape index (κ3) is 2.21. The average molecular weight is 183 g/mol. The molecule has 2 aliphatic rings. The van der Waals surface area contributed by atoms with Crippen molar-refractivity contribution >= 4 is 5.91 Å². The smallest absolute Gasteiger partial charge is 0.223 e. The zero-order chi connectivity index (χ0) is 9.26. The van der Waals surface area contributed by atoms with E-state index in [4.69, 9.17) is 4.74 Å². The molecule has 0 radical (unpaired) electrons. The molecule has 3 nitrogen and oxygen atoms in total. The van der Waals surface area contributed by atoms with Crippen molar-refractivity contribution in [2.24, 2.45) is 11.8 Å². The number of rotatable bonds is 2. The molecule has 0 aromatic rings. The molecule has 13 heavy (non-hydrogen) atoms. The Morgan fingerprint density at radius 2 is 2.08 bits per heavy atom. The Bertz CT molecular complexity index is 199. The van der Waals surface area contributed by atoms with Crippen molar-refractivity contribution in [3.05, 3.63) is 0 Å². The summed E-state index contributed by atoms with van der Waals surface area (Å²) in [6, 6.07) is 0. The summed E-state index contributed by atoms with van der Waals surface area (Å²) in [6.07, 6.45) is 2.01. The van der Waals surface area contributed by atoms with Crippen LogP contribution >= 0.6 is 0 Å². The molecule has 2 unspecified atom stereocenters. The van der Waals surface area contributed by atoms with Gasteiger partial charge in [-0.25, -0.2) is 0 Å². The van der Waals surface area contributed by atoms with Crippen LogP contribution in [-0.2, 0) is 9.53 Å². The Kier molecular flexibility index (Phi) is 2.54. The SMILES string of the molecule is CC1CC1CC(=O)N1CCOCC1. The van der Waals surface area contributed by atoms with Gasteiger partial charge in [-0.15, -0.1) is 0 Å². The Hall–Kier alpha value is -0.570. The number of hydrogen-bond donors (Lipinski definition) is 0. The van der Waals surface area contributed by atoms with Crippen molar-refractivity contribution < 1.29 is 9.53 Å². The van der Waals surface area contributed by atoms with Gasteiger partial charge in [0.25, 0.3) is 0 Å². The molecule has 1 aliphatic carbocycles. The van der Waals surface area contributed by atoms with Crippen molar-refractivity contribution in [2.75, 3.05) is 26.3 Å². The van der Waals surface area contributed by atoms with Gasteiger partial charge >= 0.3 is 0 Å². The van der Waals surface area contributed by atoms with Gasteiger partial charge in [0.15, 0.2) is 0 Å². The van der Waals surface area contributed by atoms with Crippen LogP contribution in [0.3, 0.4) is 0 Å². The predicted molar refractivity (Wildman–Crippen MR) is 49.3 cm³/mol. The molecule has 1 heterocycles. The van der Waals surface area contributed by atoms with Crippen LogP contribution in [0.15, 0.2) is 0 Å². The molecule has 0 spiro atoms. The highest BCUT2D eigenvalue weighted by molar-refractivity contribution is 5.76. The van der Waals surface area contributed by atoms with Crippen LogP contribution < -0.4 is 0 Å². The fourth-order valence-corrected chi connectivity index (χ4v) is 1.85. The van der Waals surface area contributed by atoms with Gasteiger partial charge in [-0.2, -0.15) is 0 Å². The number of nitrogens with zero attached hydrogens (tertiary/aromatic N) is 1. The summed E-state index contributed by atoms with van der Waals surface area (Å²) in [7, 11) is 0. The quantitative estimate of drug-likeness (QED) is 0.636. The van der Waals surface area contributed by atoms with E-state index in [-0.39, 0.29) is 0 Å². The van der Waals surface area contributed by atoms with Crippen LogP contribution in [0.5, 0.6) is 0 Å². The van der Waals surface area contributed by atoms with E-state index in [2.05, 4.69) is 6.92 Å². The first-order chi connectivity index (χ1) is 6.27. The average Bonchev–Trinajstić information content (AvgIpc) is 2.83. The number of carbonyl (C=O) groups is 1. The second-order valence-electron chi connectivity index (χ2n) is 4.17. The number of morpholine rings is 1. The Labute approximate surface area is 79.0 Å². The number of amides is 1. The molecule has 0 aromatic heterocycles. The molecule has 0 bridgehead atoms. The summed E-state index contributed by atoms with van der Waals surface area (Å²) in [6.45, 7) is 5.23. The first-order valence-corrected chi connectivity index (χ1v) is 5.13. The number of carbonyl (C=O) groups excluding carboxylic acids is 1. The third-order valence-corrected chi connectivity index (χ3v) is 3.08. The van der Waals surface area contributed by atoms with Gasteiger partial charge < -0.3 is 9.64 Å². The van der Waals surface area contributed by atoms with Crippen LogP contribution in [0.25, 0.3) is 0 Å². The van der Waals surface area contributed by atoms with Crippen LogP contribution in [0.2, 0.25) is 0 Å². The van der Waals surface area contributed by atoms with E-state index in [1.807, 2.05) is 4.90 Å². The molecule has 0 aromatic carbocycles. The van der Waals surface area contributed by atoms with Gasteiger partial charge in [0, 0.05) is 19.5 Å². The molecule has 1 saturated heterocycles. The first kappa shape index (κ1) is 9.00. The fourth-order valence-electron chi connectivity index (χ4n) is 1.85. The highest BCUT2D eigenvalue weighted by Crippen LogP contribution is 2.40. The lowest BCUT2D eigenvalue weighted by Crippen LogP contribution is -2.40. The molecule has 2 atom stereocenters. The highest BCUT2D eigenvalue weighted by atomic mass is 16.5. The molecule has 3 heteroatoms. The topological polar surface area (TPSA) is 29.5 Å². The Balaban J connectivity index is 1.75. The van der Waals surface area contributed by atoms with Crippen molar-refractivity contribution in [3.8, 4) is 0 Å². The maximum Gasteiger partial charge on any atom is 0.223 e. The molecule has 74 valence electrons. The standard InChI is InChI=1S/C10H17NO2/c1-8-6-9(8)7-10(12)11-2-4-13-5-3-11/h8-9H,2-7H2,1H3. The second kappa shape index (κ2) is 3.66. The van der Waals surface area contributed by atoms with Gasteiger partial charge in [-0.3, -0.25) is 4.79 Å².